The Morgan fingerprint density at radius 3 is 2.63 bits per heavy atom. The molecule has 2 aromatic carbocycles. The van der Waals surface area contributed by atoms with Crippen LogP contribution in [-0.2, 0) is 22.6 Å². The summed E-state index contributed by atoms with van der Waals surface area (Å²) in [6.07, 6.45) is -1.59. The van der Waals surface area contributed by atoms with Gasteiger partial charge in [0.05, 0.1) is 28.9 Å². The molecule has 1 aromatic heterocycles. The first-order valence-electron chi connectivity index (χ1n) is 11.7. The van der Waals surface area contributed by atoms with Gasteiger partial charge in [0.15, 0.2) is 0 Å². The van der Waals surface area contributed by atoms with E-state index < -0.39 is 21.9 Å². The number of ether oxygens (including phenoxy) is 1. The van der Waals surface area contributed by atoms with Gasteiger partial charge in [-0.3, -0.25) is 9.29 Å². The highest BCUT2D eigenvalue weighted by molar-refractivity contribution is 7.93. The van der Waals surface area contributed by atoms with Gasteiger partial charge >= 0.3 is 6.18 Å². The summed E-state index contributed by atoms with van der Waals surface area (Å²) in [5.74, 6) is -0.0766. The van der Waals surface area contributed by atoms with Crippen LogP contribution in [0.15, 0.2) is 53.6 Å². The Balaban J connectivity index is 1.91. The minimum Gasteiger partial charge on any atom is -0.492 e. The van der Waals surface area contributed by atoms with E-state index in [1.807, 2.05) is 12.1 Å². The van der Waals surface area contributed by atoms with Crippen molar-refractivity contribution in [1.29, 1.82) is 5.26 Å². The first-order valence-corrected chi connectivity index (χ1v) is 13.5. The fourth-order valence-corrected chi connectivity index (χ4v) is 6.18. The summed E-state index contributed by atoms with van der Waals surface area (Å²) >= 11 is 6.45. The lowest BCUT2D eigenvalue weighted by Crippen LogP contribution is -2.32. The van der Waals surface area contributed by atoms with Crippen molar-refractivity contribution in [1.82, 2.24) is 4.98 Å². The average Bonchev–Trinajstić information content (AvgIpc) is 3.11. The lowest BCUT2D eigenvalue weighted by molar-refractivity contribution is -0.141. The van der Waals surface area contributed by atoms with E-state index in [0.29, 0.717) is 24.6 Å². The zero-order valence-electron chi connectivity index (χ0n) is 20.0. The van der Waals surface area contributed by atoms with Gasteiger partial charge in [-0.15, -0.1) is 0 Å². The third-order valence-electron chi connectivity index (χ3n) is 6.08. The summed E-state index contributed by atoms with van der Waals surface area (Å²) < 4.78 is 74.8. The smallest absolute Gasteiger partial charge is 0.433 e. The number of sulfonamides is 1. The number of halogens is 4. The number of nitriles is 1. The molecule has 0 aliphatic carbocycles. The van der Waals surface area contributed by atoms with Crippen molar-refractivity contribution in [2.45, 2.75) is 36.8 Å². The van der Waals surface area contributed by atoms with Gasteiger partial charge in [-0.25, -0.2) is 8.42 Å². The lowest BCUT2D eigenvalue weighted by Gasteiger charge is -2.26. The highest BCUT2D eigenvalue weighted by Crippen LogP contribution is 2.41. The topological polar surface area (TPSA) is 104 Å². The van der Waals surface area contributed by atoms with Gasteiger partial charge in [0, 0.05) is 43.0 Å². The number of nitrogens with zero attached hydrogens (tertiary/aromatic N) is 3. The second kappa shape index (κ2) is 11.2. The summed E-state index contributed by atoms with van der Waals surface area (Å²) in [5, 5.41) is 18.7. The van der Waals surface area contributed by atoms with E-state index >= 15 is 0 Å². The second-order valence-corrected chi connectivity index (χ2v) is 10.8. The summed E-state index contributed by atoms with van der Waals surface area (Å²) in [5.41, 5.74) is -0.278. The van der Waals surface area contributed by atoms with Crippen LogP contribution in [0.4, 0.5) is 18.9 Å². The number of benzene rings is 2. The third kappa shape index (κ3) is 5.57. The molecule has 0 bridgehead atoms. The van der Waals surface area contributed by atoms with Crippen LogP contribution in [-0.4, -0.2) is 38.3 Å². The Morgan fingerprint density at radius 2 is 1.92 bits per heavy atom. The van der Waals surface area contributed by atoms with Crippen molar-refractivity contribution in [3.63, 3.8) is 0 Å². The quantitative estimate of drug-likeness (QED) is 0.375. The summed E-state index contributed by atoms with van der Waals surface area (Å²) in [6.45, 7) is 0.0192. The van der Waals surface area contributed by atoms with Crippen molar-refractivity contribution < 1.29 is 31.4 Å². The maximum absolute atomic E-state index is 14.1. The Morgan fingerprint density at radius 1 is 1.16 bits per heavy atom. The zero-order valence-corrected chi connectivity index (χ0v) is 21.6. The van der Waals surface area contributed by atoms with Crippen LogP contribution < -0.4 is 9.04 Å². The Kier molecular flexibility index (Phi) is 8.16. The summed E-state index contributed by atoms with van der Waals surface area (Å²) in [6, 6.07) is 11.9. The van der Waals surface area contributed by atoms with Crippen LogP contribution in [0.2, 0.25) is 5.02 Å². The highest BCUT2D eigenvalue weighted by atomic mass is 35.5. The predicted octanol–water partition coefficient (Wildman–Crippen LogP) is 5.59. The number of aromatic nitrogens is 1. The van der Waals surface area contributed by atoms with Crippen molar-refractivity contribution in [3.05, 3.63) is 70.5 Å². The van der Waals surface area contributed by atoms with E-state index in [1.165, 1.54) is 16.4 Å². The van der Waals surface area contributed by atoms with Crippen molar-refractivity contribution in [2.75, 3.05) is 24.1 Å². The number of alkyl halides is 3. The zero-order chi connectivity index (χ0) is 27.5. The minimum absolute atomic E-state index is 0.00341. The van der Waals surface area contributed by atoms with Crippen LogP contribution in [0.25, 0.3) is 11.1 Å². The predicted molar refractivity (Wildman–Crippen MR) is 136 cm³/mol. The Labute approximate surface area is 223 Å². The van der Waals surface area contributed by atoms with Crippen molar-refractivity contribution in [2.24, 2.45) is 0 Å². The number of aryl methyl sites for hydroxylation is 1. The number of para-hydroxylation sites is 1. The number of hydrogen-bond acceptors (Lipinski definition) is 6. The molecule has 12 heteroatoms. The van der Waals surface area contributed by atoms with Crippen LogP contribution in [0.1, 0.15) is 36.1 Å². The van der Waals surface area contributed by atoms with Crippen LogP contribution >= 0.6 is 11.6 Å². The normalized spacial score (nSPS) is 13.9. The van der Waals surface area contributed by atoms with Gasteiger partial charge in [0.25, 0.3) is 10.0 Å². The first-order chi connectivity index (χ1) is 18.1. The molecular formula is C26H23ClF3N3O4S. The molecule has 7 nitrogen and oxygen atoms in total. The van der Waals surface area contributed by atoms with Crippen molar-refractivity contribution in [3.8, 4) is 22.9 Å². The number of aliphatic hydroxyl groups is 1. The van der Waals surface area contributed by atoms with Crippen LogP contribution in [0.5, 0.6) is 5.75 Å². The number of hydrogen-bond donors (Lipinski definition) is 1. The minimum atomic E-state index is -4.77. The van der Waals surface area contributed by atoms with Gasteiger partial charge in [-0.2, -0.15) is 18.4 Å². The van der Waals surface area contributed by atoms with Gasteiger partial charge in [0.2, 0.25) is 0 Å². The second-order valence-electron chi connectivity index (χ2n) is 8.59. The van der Waals surface area contributed by atoms with Crippen LogP contribution in [0, 0.1) is 11.3 Å². The molecule has 0 fully saturated rings. The van der Waals surface area contributed by atoms with E-state index in [0.717, 1.165) is 18.2 Å². The molecule has 0 radical (unpaired) electrons. The number of aliphatic hydroxyl groups excluding tert-OH is 1. The maximum atomic E-state index is 14.1. The summed E-state index contributed by atoms with van der Waals surface area (Å²) in [4.78, 5) is 3.16. The number of fused-ring (bicyclic) bond motifs is 1. The van der Waals surface area contributed by atoms with Gasteiger partial charge < -0.3 is 9.84 Å². The molecule has 3 aromatic rings. The van der Waals surface area contributed by atoms with Crippen molar-refractivity contribution >= 4 is 27.3 Å². The van der Waals surface area contributed by atoms with Gasteiger partial charge in [0.1, 0.15) is 16.3 Å². The molecule has 200 valence electrons. The molecule has 0 atom stereocenters. The van der Waals surface area contributed by atoms with E-state index in [2.05, 4.69) is 4.98 Å². The molecule has 1 N–H and O–H groups in total. The third-order valence-corrected chi connectivity index (χ3v) is 8.23. The molecule has 0 saturated heterocycles. The molecule has 4 rings (SSSR count). The summed E-state index contributed by atoms with van der Waals surface area (Å²) in [7, 11) is -4.26. The molecule has 38 heavy (non-hydrogen) atoms. The largest absolute Gasteiger partial charge is 0.492 e. The molecule has 1 aliphatic rings. The van der Waals surface area contributed by atoms with Gasteiger partial charge in [-0.1, -0.05) is 29.8 Å². The fraction of sp³-hybridized carbons (Fsp3) is 0.308. The average molecular weight is 566 g/mol. The van der Waals surface area contributed by atoms with E-state index in [4.69, 9.17) is 21.4 Å². The molecule has 1 aliphatic heterocycles. The number of rotatable bonds is 7. The van der Waals surface area contributed by atoms with E-state index in [-0.39, 0.29) is 58.5 Å². The maximum Gasteiger partial charge on any atom is 0.433 e. The highest BCUT2D eigenvalue weighted by Gasteiger charge is 2.35. The monoisotopic (exact) mass is 565 g/mol. The van der Waals surface area contributed by atoms with Crippen LogP contribution in [0.3, 0.4) is 0 Å². The molecular weight excluding hydrogens is 543 g/mol. The number of pyridine rings is 1. The first kappa shape index (κ1) is 27.7. The SMILES string of the molecule is N#Cc1cc(C(F)(F)F)ncc1-c1cc(S(=O)(=O)N2CCCCc3ccccc32)c(OCCCO)cc1Cl. The fourth-order valence-electron chi connectivity index (χ4n) is 4.25. The molecule has 0 spiro atoms. The standard InChI is InChI=1S/C26H23ClF3N3O4S/c27-21-14-23(37-11-5-10-34)24(13-19(21)20-16-32-25(26(28,29)30)12-18(20)15-31)38(35,36)33-9-4-3-7-17-6-1-2-8-22(17)33/h1-2,6,8,12-14,16,34H,3-5,7,9-11H2. The number of anilines is 1. The molecule has 0 amide bonds. The Bertz CT molecular complexity index is 1490. The Hall–Kier alpha value is -3.33. The lowest BCUT2D eigenvalue weighted by atomic mass is 10.0. The molecule has 0 unspecified atom stereocenters. The molecule has 0 saturated carbocycles. The van der Waals surface area contributed by atoms with E-state index in [9.17, 15) is 26.9 Å². The van der Waals surface area contributed by atoms with E-state index in [1.54, 1.807) is 18.2 Å². The molecule has 2 heterocycles. The van der Waals surface area contributed by atoms with Gasteiger partial charge in [-0.05, 0) is 43.0 Å².